The van der Waals surface area contributed by atoms with Crippen molar-refractivity contribution in [2.24, 2.45) is 0 Å². The molecule has 0 saturated carbocycles. The SMILES string of the molecule is CCN(Cc1ccccc1)c1sc(S(C)(=O)=O)nc1S(=O)(=O)c1ccc(C)cc1. The Balaban J connectivity index is 2.15. The highest BCUT2D eigenvalue weighted by Gasteiger charge is 2.31. The molecule has 0 bridgehead atoms. The summed E-state index contributed by atoms with van der Waals surface area (Å²) in [6.45, 7) is 4.70. The van der Waals surface area contributed by atoms with Crippen LogP contribution in [0.5, 0.6) is 0 Å². The van der Waals surface area contributed by atoms with Crippen molar-refractivity contribution in [1.82, 2.24) is 4.98 Å². The van der Waals surface area contributed by atoms with Crippen LogP contribution < -0.4 is 4.90 Å². The number of rotatable bonds is 7. The molecule has 3 aromatic rings. The maximum absolute atomic E-state index is 13.3. The summed E-state index contributed by atoms with van der Waals surface area (Å²) in [5.41, 5.74) is 1.92. The largest absolute Gasteiger partial charge is 0.357 e. The summed E-state index contributed by atoms with van der Waals surface area (Å²) in [6.07, 6.45) is 1.03. The summed E-state index contributed by atoms with van der Waals surface area (Å²) in [6, 6.07) is 16.0. The monoisotopic (exact) mass is 450 g/mol. The van der Waals surface area contributed by atoms with Crippen molar-refractivity contribution in [3.8, 4) is 0 Å². The molecule has 1 aromatic heterocycles. The van der Waals surface area contributed by atoms with Crippen LogP contribution in [0.4, 0.5) is 5.00 Å². The first-order valence-corrected chi connectivity index (χ1v) is 13.1. The summed E-state index contributed by atoms with van der Waals surface area (Å²) >= 11 is 0.891. The molecule has 0 unspecified atom stereocenters. The molecule has 0 fully saturated rings. The molecule has 0 aliphatic rings. The van der Waals surface area contributed by atoms with E-state index in [-0.39, 0.29) is 14.3 Å². The minimum absolute atomic E-state index is 0.0884. The van der Waals surface area contributed by atoms with Gasteiger partial charge in [-0.1, -0.05) is 59.4 Å². The van der Waals surface area contributed by atoms with Gasteiger partial charge in [0.2, 0.25) is 24.0 Å². The molecule has 9 heteroatoms. The third-order valence-corrected chi connectivity index (χ3v) is 8.96. The maximum atomic E-state index is 13.3. The first kappa shape index (κ1) is 21.5. The van der Waals surface area contributed by atoms with Gasteiger partial charge < -0.3 is 4.90 Å². The number of anilines is 1. The van der Waals surface area contributed by atoms with Gasteiger partial charge in [0.25, 0.3) is 0 Å². The van der Waals surface area contributed by atoms with E-state index in [2.05, 4.69) is 4.98 Å². The second kappa shape index (κ2) is 8.25. The topological polar surface area (TPSA) is 84.4 Å². The molecule has 0 saturated heterocycles. The van der Waals surface area contributed by atoms with Crippen LogP contribution in [-0.4, -0.2) is 34.6 Å². The minimum atomic E-state index is -3.98. The van der Waals surface area contributed by atoms with Crippen LogP contribution in [0.2, 0.25) is 0 Å². The average molecular weight is 451 g/mol. The molecule has 0 atom stereocenters. The predicted molar refractivity (Wildman–Crippen MR) is 115 cm³/mol. The molecule has 0 amide bonds. The third-order valence-electron chi connectivity index (χ3n) is 4.35. The van der Waals surface area contributed by atoms with Gasteiger partial charge in [0, 0.05) is 19.3 Å². The van der Waals surface area contributed by atoms with Crippen LogP contribution in [0, 0.1) is 6.92 Å². The zero-order valence-corrected chi connectivity index (χ0v) is 18.8. The van der Waals surface area contributed by atoms with Gasteiger partial charge in [0.15, 0.2) is 5.03 Å². The van der Waals surface area contributed by atoms with E-state index in [0.717, 1.165) is 28.7 Å². The first-order chi connectivity index (χ1) is 13.6. The van der Waals surface area contributed by atoms with E-state index in [1.807, 2.05) is 49.1 Å². The van der Waals surface area contributed by atoms with Crippen LogP contribution in [0.25, 0.3) is 0 Å². The van der Waals surface area contributed by atoms with E-state index in [0.29, 0.717) is 18.1 Å². The molecule has 0 N–H and O–H groups in total. The zero-order chi connectivity index (χ0) is 21.2. The van der Waals surface area contributed by atoms with Crippen LogP contribution in [0.1, 0.15) is 18.1 Å². The van der Waals surface area contributed by atoms with E-state index in [9.17, 15) is 16.8 Å². The number of aryl methyl sites for hydroxylation is 1. The Morgan fingerprint density at radius 2 is 1.59 bits per heavy atom. The second-order valence-corrected chi connectivity index (χ2v) is 11.7. The lowest BCUT2D eigenvalue weighted by Crippen LogP contribution is -2.23. The number of sulfone groups is 2. The molecule has 6 nitrogen and oxygen atoms in total. The Labute approximate surface area is 175 Å². The molecular weight excluding hydrogens is 428 g/mol. The number of hydrogen-bond acceptors (Lipinski definition) is 7. The van der Waals surface area contributed by atoms with E-state index in [1.54, 1.807) is 12.1 Å². The minimum Gasteiger partial charge on any atom is -0.357 e. The van der Waals surface area contributed by atoms with Gasteiger partial charge >= 0.3 is 0 Å². The van der Waals surface area contributed by atoms with Crippen LogP contribution in [-0.2, 0) is 26.2 Å². The lowest BCUT2D eigenvalue weighted by Gasteiger charge is -2.22. The van der Waals surface area contributed by atoms with Gasteiger partial charge in [-0.3, -0.25) is 0 Å². The van der Waals surface area contributed by atoms with Crippen LogP contribution in [0.3, 0.4) is 0 Å². The second-order valence-electron chi connectivity index (χ2n) is 6.68. The molecule has 154 valence electrons. The summed E-state index contributed by atoms with van der Waals surface area (Å²) in [4.78, 5) is 5.99. The van der Waals surface area contributed by atoms with Crippen molar-refractivity contribution >= 4 is 36.0 Å². The number of hydrogen-bond donors (Lipinski definition) is 0. The fourth-order valence-electron chi connectivity index (χ4n) is 2.77. The molecule has 0 aliphatic heterocycles. The van der Waals surface area contributed by atoms with Crippen LogP contribution >= 0.6 is 11.3 Å². The first-order valence-electron chi connectivity index (χ1n) is 8.94. The van der Waals surface area contributed by atoms with Gasteiger partial charge in [0.05, 0.1) is 4.90 Å². The molecular formula is C20H22N2O4S3. The number of thiazole rings is 1. The van der Waals surface area contributed by atoms with Gasteiger partial charge in [-0.2, -0.15) is 0 Å². The lowest BCUT2D eigenvalue weighted by atomic mass is 10.2. The van der Waals surface area contributed by atoms with Crippen molar-refractivity contribution in [1.29, 1.82) is 0 Å². The molecule has 0 aliphatic carbocycles. The summed E-state index contributed by atoms with van der Waals surface area (Å²) in [5, 5.41) is 0.113. The number of aromatic nitrogens is 1. The van der Waals surface area contributed by atoms with E-state index < -0.39 is 19.7 Å². The predicted octanol–water partition coefficient (Wildman–Crippen LogP) is 3.71. The van der Waals surface area contributed by atoms with E-state index in [1.165, 1.54) is 12.1 Å². The van der Waals surface area contributed by atoms with Gasteiger partial charge in [-0.05, 0) is 31.5 Å². The Morgan fingerprint density at radius 1 is 0.966 bits per heavy atom. The van der Waals surface area contributed by atoms with E-state index in [4.69, 9.17) is 0 Å². The molecule has 2 aromatic carbocycles. The molecule has 29 heavy (non-hydrogen) atoms. The van der Waals surface area contributed by atoms with Crippen LogP contribution in [0.15, 0.2) is 68.9 Å². The Morgan fingerprint density at radius 3 is 2.14 bits per heavy atom. The van der Waals surface area contributed by atoms with Gasteiger partial charge in [0.1, 0.15) is 5.00 Å². The molecule has 0 radical (unpaired) electrons. The Bertz CT molecular complexity index is 1200. The highest BCUT2D eigenvalue weighted by Crippen LogP contribution is 2.37. The summed E-state index contributed by atoms with van der Waals surface area (Å²) < 4.78 is 50.6. The fourth-order valence-corrected chi connectivity index (χ4v) is 6.49. The number of benzene rings is 2. The van der Waals surface area contributed by atoms with Crippen molar-refractivity contribution in [3.05, 3.63) is 65.7 Å². The average Bonchev–Trinajstić information content (AvgIpc) is 3.14. The van der Waals surface area contributed by atoms with Gasteiger partial charge in [-0.15, -0.1) is 0 Å². The normalized spacial score (nSPS) is 12.1. The number of nitrogens with zero attached hydrogens (tertiary/aromatic N) is 2. The van der Waals surface area contributed by atoms with Crippen molar-refractivity contribution in [2.45, 2.75) is 34.7 Å². The smallest absolute Gasteiger partial charge is 0.226 e. The highest BCUT2D eigenvalue weighted by atomic mass is 32.2. The Kier molecular flexibility index (Phi) is 6.11. The Hall–Kier alpha value is -2.23. The molecule has 0 spiro atoms. The summed E-state index contributed by atoms with van der Waals surface area (Å²) in [5.74, 6) is 0. The third kappa shape index (κ3) is 4.68. The van der Waals surface area contributed by atoms with Gasteiger partial charge in [-0.25, -0.2) is 21.8 Å². The lowest BCUT2D eigenvalue weighted by molar-refractivity contribution is 0.590. The van der Waals surface area contributed by atoms with Crippen molar-refractivity contribution in [2.75, 3.05) is 17.7 Å². The highest BCUT2D eigenvalue weighted by molar-refractivity contribution is 7.93. The maximum Gasteiger partial charge on any atom is 0.226 e. The standard InChI is InChI=1S/C20H22N2O4S3/c1-4-22(14-16-8-6-5-7-9-16)19-18(21-20(27-19)28(3,23)24)29(25,26)17-12-10-15(2)11-13-17/h5-13H,4,14H2,1-3H3. The van der Waals surface area contributed by atoms with E-state index >= 15 is 0 Å². The summed E-state index contributed by atoms with van der Waals surface area (Å²) in [7, 11) is -7.63. The molecule has 1 heterocycles. The van der Waals surface area contributed by atoms with Crippen molar-refractivity contribution in [3.63, 3.8) is 0 Å². The fraction of sp³-hybridized carbons (Fsp3) is 0.250. The van der Waals surface area contributed by atoms with Crippen molar-refractivity contribution < 1.29 is 16.8 Å². The quantitative estimate of drug-likeness (QED) is 0.546. The zero-order valence-electron chi connectivity index (χ0n) is 16.4. The molecule has 3 rings (SSSR count).